The number of imidazole rings is 1. The molecule has 0 atom stereocenters. The molecule has 0 amide bonds. The fraction of sp³-hybridized carbons (Fsp3) is 0.226. The van der Waals surface area contributed by atoms with Crippen LogP contribution < -0.4 is 4.40 Å². The van der Waals surface area contributed by atoms with Crippen LogP contribution in [0.4, 0.5) is 0 Å². The molecular weight excluding hydrogens is 973 g/mol. The van der Waals surface area contributed by atoms with Crippen molar-refractivity contribution < 1.29 is 24.5 Å². The van der Waals surface area contributed by atoms with Gasteiger partial charge in [-0.1, -0.05) is 80.3 Å². The topological polar surface area (TPSA) is 56.7 Å². The summed E-state index contributed by atoms with van der Waals surface area (Å²) in [6, 6.07) is 50.8. The number of nitrogens with zero attached hydrogens (tertiary/aromatic N) is 4. The van der Waals surface area contributed by atoms with Crippen molar-refractivity contribution in [3.63, 3.8) is 0 Å². The van der Waals surface area contributed by atoms with Gasteiger partial charge in [0.05, 0.1) is 22.4 Å². The molecule has 4 heterocycles. The molecule has 0 bridgehead atoms. The number of fused-ring (bicyclic) bond motifs is 4. The van der Waals surface area contributed by atoms with E-state index in [-0.39, 0.29) is 25.5 Å². The summed E-state index contributed by atoms with van der Waals surface area (Å²) in [5.41, 5.74) is 13.4. The maximum absolute atomic E-state index is 6.38. The van der Waals surface area contributed by atoms with Gasteiger partial charge in [0.25, 0.3) is 0 Å². The van der Waals surface area contributed by atoms with Crippen LogP contribution in [0.2, 0.25) is 17.3 Å². The zero-order chi connectivity index (χ0) is 41.5. The van der Waals surface area contributed by atoms with Gasteiger partial charge in [-0.3, -0.25) is 4.98 Å². The molecule has 0 N–H and O–H groups in total. The summed E-state index contributed by atoms with van der Waals surface area (Å²) >= 11 is -1.86. The SMILES string of the molecule is CC(C)Cc1cc(-c2[c-]cccc2)nc[c]1[Ge]([CH3])([CH3])[CH3].Cc1ccc2c(n1)oc1c(-c3nc4ccccc4n3-c3ccc(-c4ccccc4)cc3C(C)(C)C)[c-]ccc12.[Ir]. The minimum atomic E-state index is -1.86. The van der Waals surface area contributed by atoms with Gasteiger partial charge in [0.15, 0.2) is 0 Å². The van der Waals surface area contributed by atoms with Crippen molar-refractivity contribution in [2.24, 2.45) is 5.92 Å². The third-order valence-electron chi connectivity index (χ3n) is 10.8. The first kappa shape index (κ1) is 43.0. The van der Waals surface area contributed by atoms with E-state index in [0.717, 1.165) is 67.8 Å². The molecular formula is C53H52GeIrN4O-2. The Bertz CT molecular complexity index is 2920. The van der Waals surface area contributed by atoms with Crippen LogP contribution in [0, 0.1) is 25.0 Å². The summed E-state index contributed by atoms with van der Waals surface area (Å²) in [6.07, 6.45) is 3.27. The molecule has 9 rings (SSSR count). The fourth-order valence-corrected chi connectivity index (χ4v) is 11.3. The number of rotatable bonds is 7. The first-order valence-electron chi connectivity index (χ1n) is 20.6. The van der Waals surface area contributed by atoms with E-state index in [0.29, 0.717) is 11.6 Å². The van der Waals surface area contributed by atoms with Crippen molar-refractivity contribution in [3.8, 4) is 39.5 Å². The van der Waals surface area contributed by atoms with E-state index in [4.69, 9.17) is 14.4 Å². The molecule has 60 heavy (non-hydrogen) atoms. The summed E-state index contributed by atoms with van der Waals surface area (Å²) in [4.78, 5) is 14.5. The normalized spacial score (nSPS) is 11.8. The molecule has 5 nitrogen and oxygen atoms in total. The van der Waals surface area contributed by atoms with E-state index in [1.54, 1.807) is 4.40 Å². The molecule has 0 spiro atoms. The Kier molecular flexibility index (Phi) is 12.5. The summed E-state index contributed by atoms with van der Waals surface area (Å²) < 4.78 is 10.2. The second kappa shape index (κ2) is 17.5. The number of aryl methyl sites for hydroxylation is 1. The standard InChI is InChI=1S/C35H28N3O.C18H24GeN.Ir/c1-22-17-19-26-25-13-10-14-27(32(25)39-34(26)36-22)33-37-29-15-8-9-16-31(29)38(33)30-20-18-24(21-28(30)35(2,3)4)23-11-6-5-7-12-23;1-14(2)11-16-12-18(15-9-7-6-8-10-15)20-13-17(16)19(3,4)5;/h5-13,15-21H,1-4H3;6-9,12-14H,11H2,1-5H3;/q2*-1;. The van der Waals surface area contributed by atoms with E-state index in [1.807, 2.05) is 49.4 Å². The van der Waals surface area contributed by atoms with Crippen LogP contribution in [0.3, 0.4) is 0 Å². The van der Waals surface area contributed by atoms with Gasteiger partial charge >= 0.3 is 126 Å². The van der Waals surface area contributed by atoms with Gasteiger partial charge in [-0.2, -0.15) is 0 Å². The van der Waals surface area contributed by atoms with Crippen LogP contribution in [0.15, 0.2) is 138 Å². The van der Waals surface area contributed by atoms with Gasteiger partial charge in [-0.25, -0.2) is 4.98 Å². The minimum absolute atomic E-state index is 0. The van der Waals surface area contributed by atoms with Gasteiger partial charge in [-0.05, 0) is 65.4 Å². The molecule has 0 aliphatic heterocycles. The Morgan fingerprint density at radius 2 is 1.50 bits per heavy atom. The van der Waals surface area contributed by atoms with Gasteiger partial charge in [0.1, 0.15) is 0 Å². The first-order chi connectivity index (χ1) is 28.3. The van der Waals surface area contributed by atoms with Gasteiger partial charge in [0.2, 0.25) is 5.71 Å². The number of aromatic nitrogens is 4. The second-order valence-corrected chi connectivity index (χ2v) is 28.5. The van der Waals surface area contributed by atoms with Crippen LogP contribution in [-0.2, 0) is 31.9 Å². The van der Waals surface area contributed by atoms with Crippen molar-refractivity contribution in [2.75, 3.05) is 0 Å². The monoisotopic (exact) mass is 1030 g/mol. The summed E-state index contributed by atoms with van der Waals surface area (Å²) in [5, 5.41) is 2.01. The minimum Gasteiger partial charge on any atom is -0.486 e. The van der Waals surface area contributed by atoms with Crippen LogP contribution in [0.5, 0.6) is 0 Å². The van der Waals surface area contributed by atoms with Crippen LogP contribution >= 0.6 is 0 Å². The molecule has 4 aromatic heterocycles. The number of hydrogen-bond donors (Lipinski definition) is 0. The van der Waals surface area contributed by atoms with E-state index >= 15 is 0 Å². The Labute approximate surface area is 371 Å². The molecule has 0 aliphatic carbocycles. The number of pyridine rings is 2. The summed E-state index contributed by atoms with van der Waals surface area (Å²) in [6.45, 7) is 13.3. The molecule has 5 aromatic carbocycles. The molecule has 0 aliphatic rings. The zero-order valence-corrected chi connectivity index (χ0v) is 40.5. The average molecular weight is 1030 g/mol. The van der Waals surface area contributed by atoms with Gasteiger partial charge in [0, 0.05) is 36.9 Å². The van der Waals surface area contributed by atoms with Crippen molar-refractivity contribution >= 4 is 50.8 Å². The predicted molar refractivity (Wildman–Crippen MR) is 249 cm³/mol. The molecule has 0 saturated heterocycles. The summed E-state index contributed by atoms with van der Waals surface area (Å²) in [7, 11) is 0. The molecule has 0 fully saturated rings. The predicted octanol–water partition coefficient (Wildman–Crippen LogP) is 13.3. The Morgan fingerprint density at radius 1 is 0.750 bits per heavy atom. The molecule has 7 heteroatoms. The second-order valence-electron chi connectivity index (χ2n) is 18.0. The van der Waals surface area contributed by atoms with Gasteiger partial charge in [-0.15, -0.1) is 18.2 Å². The van der Waals surface area contributed by atoms with Crippen molar-refractivity contribution in [1.29, 1.82) is 0 Å². The van der Waals surface area contributed by atoms with E-state index in [2.05, 4.69) is 165 Å². The van der Waals surface area contributed by atoms with Crippen molar-refractivity contribution in [3.05, 3.63) is 163 Å². The Hall–Kier alpha value is -5.14. The number of hydrogen-bond acceptors (Lipinski definition) is 4. The third-order valence-corrected chi connectivity index (χ3v) is 15.1. The average Bonchev–Trinajstić information content (AvgIpc) is 3.79. The Morgan fingerprint density at radius 3 is 2.22 bits per heavy atom. The zero-order valence-electron chi connectivity index (χ0n) is 36.0. The molecule has 305 valence electrons. The molecule has 0 saturated carbocycles. The van der Waals surface area contributed by atoms with Crippen LogP contribution in [0.25, 0.3) is 72.6 Å². The molecule has 9 aromatic rings. The number of benzene rings is 5. The number of para-hydroxylation sites is 2. The quantitative estimate of drug-likeness (QED) is 0.118. The van der Waals surface area contributed by atoms with E-state index in [1.165, 1.54) is 22.3 Å². The van der Waals surface area contributed by atoms with Gasteiger partial charge < -0.3 is 8.98 Å². The fourth-order valence-electron chi connectivity index (χ4n) is 7.94. The molecule has 0 unspecified atom stereocenters. The first-order valence-corrected chi connectivity index (χ1v) is 28.0. The Balaban J connectivity index is 0.000000220. The van der Waals surface area contributed by atoms with E-state index < -0.39 is 13.3 Å². The molecule has 1 radical (unpaired) electrons. The van der Waals surface area contributed by atoms with Crippen molar-refractivity contribution in [1.82, 2.24) is 19.5 Å². The summed E-state index contributed by atoms with van der Waals surface area (Å²) in [5.74, 6) is 8.79. The smallest absolute Gasteiger partial charge is 0.216 e. The van der Waals surface area contributed by atoms with Crippen LogP contribution in [0.1, 0.15) is 51.4 Å². The van der Waals surface area contributed by atoms with Crippen LogP contribution in [-0.4, -0.2) is 32.8 Å². The van der Waals surface area contributed by atoms with Crippen molar-refractivity contribution in [2.45, 2.75) is 70.6 Å². The maximum atomic E-state index is 6.38. The van der Waals surface area contributed by atoms with E-state index in [9.17, 15) is 0 Å². The third kappa shape index (κ3) is 8.83. The largest absolute Gasteiger partial charge is 0.486 e. The maximum Gasteiger partial charge on any atom is 0.216 e. The number of furan rings is 1.